The normalized spacial score (nSPS) is 12.5. The lowest BCUT2D eigenvalue weighted by atomic mass is 9.98. The monoisotopic (exact) mass is 904 g/mol. The molecule has 4 heteroatoms. The van der Waals surface area contributed by atoms with Gasteiger partial charge in [0.15, 0.2) is 0 Å². The minimum absolute atomic E-state index is 1.07. The molecule has 0 spiro atoms. The van der Waals surface area contributed by atoms with Crippen LogP contribution >= 0.6 is 22.7 Å². The Morgan fingerprint density at radius 3 is 1.63 bits per heavy atom. The minimum Gasteiger partial charge on any atom is -0.316 e. The standard InChI is InChI=1S/C64H44N2S2/c1-2-49-56-23-11-13-25-61(56)68-64(49)37-38-65(59-39-44-15-3-5-17-50(44)52-19-7-9-21-54(52)59)46-31-27-42(28-32-46)43-29-33-47(34-30-43)66(48-35-36-63-58(41-48)57-24-12-14-26-62(57)67-63)60-40-45-16-4-6-18-51(45)53-20-8-10-22-55(53)60/h2-10,12,14-41H,1,11,13H2/b38-37-. The Morgan fingerprint density at radius 1 is 0.426 bits per heavy atom. The lowest BCUT2D eigenvalue weighted by Crippen LogP contribution is -2.22. The Balaban J connectivity index is 0.918. The summed E-state index contributed by atoms with van der Waals surface area (Å²) in [6.45, 7) is 4.24. The molecule has 0 N–H and O–H groups in total. The third kappa shape index (κ3) is 6.83. The van der Waals surface area contributed by atoms with E-state index in [1.54, 1.807) is 0 Å². The maximum atomic E-state index is 4.24. The third-order valence-corrected chi connectivity index (χ3v) is 16.0. The highest BCUT2D eigenvalue weighted by Gasteiger charge is 2.20. The van der Waals surface area contributed by atoms with E-state index >= 15 is 0 Å². The van der Waals surface area contributed by atoms with E-state index in [9.17, 15) is 0 Å². The zero-order valence-corrected chi connectivity index (χ0v) is 38.9. The second-order valence-electron chi connectivity index (χ2n) is 17.6. The van der Waals surface area contributed by atoms with Gasteiger partial charge in [-0.05, 0) is 134 Å². The molecule has 0 saturated carbocycles. The van der Waals surface area contributed by atoms with E-state index in [1.165, 1.54) is 83.5 Å². The van der Waals surface area contributed by atoms with Gasteiger partial charge in [-0.25, -0.2) is 0 Å². The highest BCUT2D eigenvalue weighted by molar-refractivity contribution is 7.25. The molecule has 12 aromatic rings. The van der Waals surface area contributed by atoms with Crippen molar-refractivity contribution >= 4 is 139 Å². The van der Waals surface area contributed by atoms with Crippen molar-refractivity contribution in [2.75, 3.05) is 9.80 Å². The van der Waals surface area contributed by atoms with E-state index in [1.807, 2.05) is 28.7 Å². The lowest BCUT2D eigenvalue weighted by Gasteiger charge is -2.28. The van der Waals surface area contributed by atoms with Crippen LogP contribution in [0.25, 0.3) is 98.7 Å². The highest BCUT2D eigenvalue weighted by Crippen LogP contribution is 2.45. The number of anilines is 5. The molecule has 0 fully saturated rings. The average molecular weight is 905 g/mol. The predicted octanol–water partition coefficient (Wildman–Crippen LogP) is 17.7. The van der Waals surface area contributed by atoms with Crippen LogP contribution in [0.3, 0.4) is 0 Å². The second kappa shape index (κ2) is 16.7. The maximum Gasteiger partial charge on any atom is 0.0546 e. The summed E-state index contributed by atoms with van der Waals surface area (Å²) in [7, 11) is 0. The summed E-state index contributed by atoms with van der Waals surface area (Å²) in [5.74, 6) is 0. The van der Waals surface area contributed by atoms with Crippen LogP contribution in [0.2, 0.25) is 0 Å². The van der Waals surface area contributed by atoms with Crippen molar-refractivity contribution in [3.05, 3.63) is 233 Å². The number of fused-ring (bicyclic) bond motifs is 10. The molecule has 1 aliphatic carbocycles. The summed E-state index contributed by atoms with van der Waals surface area (Å²) >= 11 is 3.71. The van der Waals surface area contributed by atoms with Crippen LogP contribution in [0, 0.1) is 0 Å². The van der Waals surface area contributed by atoms with Gasteiger partial charge < -0.3 is 9.80 Å². The van der Waals surface area contributed by atoms with Crippen LogP contribution in [0.5, 0.6) is 0 Å². The van der Waals surface area contributed by atoms with Gasteiger partial charge in [0.1, 0.15) is 0 Å². The number of hydrogen-bond acceptors (Lipinski definition) is 4. The van der Waals surface area contributed by atoms with Gasteiger partial charge in [-0.3, -0.25) is 0 Å². The molecule has 13 rings (SSSR count). The van der Waals surface area contributed by atoms with E-state index < -0.39 is 0 Å². The van der Waals surface area contributed by atoms with Crippen molar-refractivity contribution in [1.82, 2.24) is 0 Å². The molecular formula is C64H44N2S2. The zero-order chi connectivity index (χ0) is 45.1. The number of nitrogens with zero attached hydrogens (tertiary/aromatic N) is 2. The molecule has 0 atom stereocenters. The lowest BCUT2D eigenvalue weighted by molar-refractivity contribution is 1.13. The van der Waals surface area contributed by atoms with E-state index in [-0.39, 0.29) is 0 Å². The molecule has 68 heavy (non-hydrogen) atoms. The smallest absolute Gasteiger partial charge is 0.0546 e. The number of benzene rings is 10. The summed E-state index contributed by atoms with van der Waals surface area (Å²) in [5, 5.41) is 13.8. The minimum atomic E-state index is 1.07. The van der Waals surface area contributed by atoms with Crippen molar-refractivity contribution < 1.29 is 0 Å². The summed E-state index contributed by atoms with van der Waals surface area (Å²) in [6.07, 6.45) is 13.5. The molecular weight excluding hydrogens is 861 g/mol. The molecule has 2 aromatic heterocycles. The van der Waals surface area contributed by atoms with Crippen molar-refractivity contribution in [3.8, 4) is 11.1 Å². The molecule has 0 radical (unpaired) electrons. The predicted molar refractivity (Wildman–Crippen MR) is 299 cm³/mol. The molecule has 2 nitrogen and oxygen atoms in total. The van der Waals surface area contributed by atoms with E-state index in [0.717, 1.165) is 52.4 Å². The Kier molecular flexibility index (Phi) is 9.89. The first-order valence-corrected chi connectivity index (χ1v) is 25.0. The first-order chi connectivity index (χ1) is 33.7. The Labute approximate surface area is 403 Å². The fourth-order valence-electron chi connectivity index (χ4n) is 10.4. The summed E-state index contributed by atoms with van der Waals surface area (Å²) in [6, 6.07) is 73.7. The number of rotatable bonds is 9. The van der Waals surface area contributed by atoms with Gasteiger partial charge in [-0.15, -0.1) is 22.7 Å². The van der Waals surface area contributed by atoms with Gasteiger partial charge in [0, 0.05) is 63.6 Å². The van der Waals surface area contributed by atoms with E-state index in [4.69, 9.17) is 0 Å². The molecule has 0 aliphatic heterocycles. The van der Waals surface area contributed by atoms with Crippen molar-refractivity contribution in [2.24, 2.45) is 0 Å². The molecule has 2 heterocycles. The van der Waals surface area contributed by atoms with Crippen LogP contribution in [0.1, 0.15) is 23.3 Å². The molecule has 0 saturated heterocycles. The summed E-state index contributed by atoms with van der Waals surface area (Å²) in [4.78, 5) is 6.03. The number of hydrogen-bond donors (Lipinski definition) is 0. The molecule has 0 unspecified atom stereocenters. The summed E-state index contributed by atoms with van der Waals surface area (Å²) in [5.41, 5.74) is 9.16. The van der Waals surface area contributed by atoms with Gasteiger partial charge in [0.05, 0.1) is 11.4 Å². The van der Waals surface area contributed by atoms with Gasteiger partial charge in [0.25, 0.3) is 0 Å². The molecule has 322 valence electrons. The van der Waals surface area contributed by atoms with Gasteiger partial charge in [-0.1, -0.05) is 164 Å². The van der Waals surface area contributed by atoms with Crippen LogP contribution in [0.4, 0.5) is 28.4 Å². The van der Waals surface area contributed by atoms with Gasteiger partial charge >= 0.3 is 0 Å². The SMILES string of the molecule is C=Cc1c(/C=C\N(c2ccc(-c3ccc(N(c4ccc5sc6ccccc6c5c4)c4cc5ccccc5c5ccccc45)cc3)cc2)c2cc3ccccc3c3ccccc23)sc2c1=CCCC=2. The Hall–Kier alpha value is -8.02. The fraction of sp³-hybridized carbons (Fsp3) is 0.0312. The van der Waals surface area contributed by atoms with Crippen molar-refractivity contribution in [3.63, 3.8) is 0 Å². The third-order valence-electron chi connectivity index (χ3n) is 13.7. The Bertz CT molecular complexity index is 4120. The van der Waals surface area contributed by atoms with Gasteiger partial charge in [0.2, 0.25) is 0 Å². The van der Waals surface area contributed by atoms with E-state index in [2.05, 4.69) is 241 Å². The van der Waals surface area contributed by atoms with Crippen LogP contribution in [-0.4, -0.2) is 0 Å². The quantitative estimate of drug-likeness (QED) is 0.133. The van der Waals surface area contributed by atoms with E-state index in [0.29, 0.717) is 0 Å². The largest absolute Gasteiger partial charge is 0.316 e. The van der Waals surface area contributed by atoms with Crippen molar-refractivity contribution in [2.45, 2.75) is 12.8 Å². The van der Waals surface area contributed by atoms with Gasteiger partial charge in [-0.2, -0.15) is 0 Å². The molecule has 1 aliphatic rings. The topological polar surface area (TPSA) is 6.48 Å². The molecule has 10 aromatic carbocycles. The maximum absolute atomic E-state index is 4.24. The Morgan fingerprint density at radius 2 is 0.956 bits per heavy atom. The van der Waals surface area contributed by atoms with Crippen molar-refractivity contribution in [1.29, 1.82) is 0 Å². The average Bonchev–Trinajstić information content (AvgIpc) is 3.97. The molecule has 0 amide bonds. The molecule has 0 bridgehead atoms. The second-order valence-corrected chi connectivity index (χ2v) is 19.7. The first-order valence-electron chi connectivity index (χ1n) is 23.3. The highest BCUT2D eigenvalue weighted by atomic mass is 32.1. The zero-order valence-electron chi connectivity index (χ0n) is 37.3. The fourth-order valence-corrected chi connectivity index (χ4v) is 12.7. The van der Waals surface area contributed by atoms with Crippen LogP contribution in [0.15, 0.2) is 213 Å². The van der Waals surface area contributed by atoms with Crippen LogP contribution < -0.4 is 19.6 Å². The first kappa shape index (κ1) is 40.3. The van der Waals surface area contributed by atoms with Crippen LogP contribution in [-0.2, 0) is 0 Å². The number of thiophene rings is 2. The summed E-state index contributed by atoms with van der Waals surface area (Å²) < 4.78 is 3.95.